The van der Waals surface area contributed by atoms with Gasteiger partial charge in [0.2, 0.25) is 5.91 Å². The summed E-state index contributed by atoms with van der Waals surface area (Å²) in [5.74, 6) is -1.82. The summed E-state index contributed by atoms with van der Waals surface area (Å²) >= 11 is 0. The van der Waals surface area contributed by atoms with Gasteiger partial charge in [-0.15, -0.1) is 0 Å². The number of nitrogens with zero attached hydrogens (tertiary/aromatic N) is 1. The van der Waals surface area contributed by atoms with E-state index in [9.17, 15) is 22.8 Å². The summed E-state index contributed by atoms with van der Waals surface area (Å²) in [5.41, 5.74) is 0. The molecule has 1 saturated carbocycles. The minimum absolute atomic E-state index is 0.112. The number of hydrogen-bond acceptors (Lipinski definition) is 2. The van der Waals surface area contributed by atoms with E-state index in [1.165, 1.54) is 0 Å². The van der Waals surface area contributed by atoms with E-state index in [1.807, 2.05) is 0 Å². The van der Waals surface area contributed by atoms with Crippen LogP contribution >= 0.6 is 0 Å². The number of carboxylic acids is 1. The molecule has 0 radical (unpaired) electrons. The lowest BCUT2D eigenvalue weighted by Crippen LogP contribution is -2.45. The molecule has 1 aliphatic rings. The van der Waals surface area contributed by atoms with Crippen LogP contribution in [-0.4, -0.2) is 40.6 Å². The van der Waals surface area contributed by atoms with Crippen LogP contribution in [0.25, 0.3) is 0 Å². The van der Waals surface area contributed by atoms with Crippen molar-refractivity contribution in [1.29, 1.82) is 0 Å². The standard InChI is InChI=1S/C11H16F3NO3/c1-7(8-2-3-8)15(6-11(12,13)14)9(16)4-5-10(17)18/h7-8H,2-6H2,1H3,(H,17,18). The van der Waals surface area contributed by atoms with Crippen LogP contribution in [0.3, 0.4) is 0 Å². The van der Waals surface area contributed by atoms with Crippen molar-refractivity contribution in [2.24, 2.45) is 5.92 Å². The smallest absolute Gasteiger partial charge is 0.406 e. The minimum atomic E-state index is -4.46. The van der Waals surface area contributed by atoms with Gasteiger partial charge in [-0.2, -0.15) is 13.2 Å². The van der Waals surface area contributed by atoms with E-state index < -0.39 is 37.1 Å². The summed E-state index contributed by atoms with van der Waals surface area (Å²) in [6, 6.07) is -0.479. The number of carbonyl (C=O) groups is 2. The van der Waals surface area contributed by atoms with Gasteiger partial charge in [-0.05, 0) is 25.7 Å². The molecule has 1 atom stereocenters. The van der Waals surface area contributed by atoms with E-state index in [0.29, 0.717) is 0 Å². The Morgan fingerprint density at radius 2 is 1.89 bits per heavy atom. The quantitative estimate of drug-likeness (QED) is 0.801. The van der Waals surface area contributed by atoms with Gasteiger partial charge in [0.15, 0.2) is 0 Å². The van der Waals surface area contributed by atoms with Crippen molar-refractivity contribution in [1.82, 2.24) is 4.90 Å². The summed E-state index contributed by atoms with van der Waals surface area (Å²) in [4.78, 5) is 22.8. The van der Waals surface area contributed by atoms with Gasteiger partial charge in [0.25, 0.3) is 0 Å². The first-order chi connectivity index (χ1) is 8.20. The third-order valence-electron chi connectivity index (χ3n) is 3.02. The average molecular weight is 267 g/mol. The van der Waals surface area contributed by atoms with Crippen molar-refractivity contribution in [3.05, 3.63) is 0 Å². The first kappa shape index (κ1) is 14.8. The molecule has 0 aromatic rings. The third-order valence-corrected chi connectivity index (χ3v) is 3.02. The molecule has 0 aromatic carbocycles. The molecule has 0 aromatic heterocycles. The van der Waals surface area contributed by atoms with Gasteiger partial charge >= 0.3 is 12.1 Å². The van der Waals surface area contributed by atoms with Crippen molar-refractivity contribution in [3.63, 3.8) is 0 Å². The van der Waals surface area contributed by atoms with E-state index in [-0.39, 0.29) is 12.3 Å². The zero-order valence-corrected chi connectivity index (χ0v) is 10.0. The van der Waals surface area contributed by atoms with Crippen LogP contribution in [0.1, 0.15) is 32.6 Å². The van der Waals surface area contributed by atoms with E-state index in [4.69, 9.17) is 5.11 Å². The van der Waals surface area contributed by atoms with E-state index in [1.54, 1.807) is 6.92 Å². The molecule has 0 spiro atoms. The predicted molar refractivity (Wildman–Crippen MR) is 56.8 cm³/mol. The van der Waals surface area contributed by atoms with Crippen molar-refractivity contribution < 1.29 is 27.9 Å². The molecule has 1 rings (SSSR count). The van der Waals surface area contributed by atoms with Crippen LogP contribution in [0.5, 0.6) is 0 Å². The number of alkyl halides is 3. The second-order valence-electron chi connectivity index (χ2n) is 4.61. The Morgan fingerprint density at radius 1 is 1.33 bits per heavy atom. The van der Waals surface area contributed by atoms with Crippen LogP contribution in [-0.2, 0) is 9.59 Å². The van der Waals surface area contributed by atoms with Gasteiger partial charge in [-0.25, -0.2) is 0 Å². The molecule has 0 bridgehead atoms. The van der Waals surface area contributed by atoms with Crippen LogP contribution in [0.4, 0.5) is 13.2 Å². The molecule has 0 heterocycles. The summed E-state index contributed by atoms with van der Waals surface area (Å²) in [6.07, 6.45) is -3.64. The average Bonchev–Trinajstić information content (AvgIpc) is 3.03. The molecule has 1 aliphatic carbocycles. The van der Waals surface area contributed by atoms with Crippen LogP contribution < -0.4 is 0 Å². The highest BCUT2D eigenvalue weighted by atomic mass is 19.4. The fourth-order valence-electron chi connectivity index (χ4n) is 1.84. The largest absolute Gasteiger partial charge is 0.481 e. The predicted octanol–water partition coefficient (Wildman–Crippen LogP) is 2.04. The summed E-state index contributed by atoms with van der Waals surface area (Å²) in [6.45, 7) is 0.283. The fraction of sp³-hybridized carbons (Fsp3) is 0.818. The first-order valence-corrected chi connectivity index (χ1v) is 5.78. The van der Waals surface area contributed by atoms with Crippen LogP contribution in [0.2, 0.25) is 0 Å². The molecular weight excluding hydrogens is 251 g/mol. The molecule has 1 unspecified atom stereocenters. The Balaban J connectivity index is 2.63. The maximum absolute atomic E-state index is 12.4. The van der Waals surface area contributed by atoms with Crippen LogP contribution in [0, 0.1) is 5.92 Å². The van der Waals surface area contributed by atoms with Gasteiger partial charge in [0.1, 0.15) is 6.54 Å². The summed E-state index contributed by atoms with van der Waals surface area (Å²) in [7, 11) is 0. The van der Waals surface area contributed by atoms with Gasteiger partial charge < -0.3 is 10.0 Å². The molecule has 0 aliphatic heterocycles. The molecule has 4 nitrogen and oxygen atoms in total. The molecule has 1 N–H and O–H groups in total. The topological polar surface area (TPSA) is 57.6 Å². The number of hydrogen-bond donors (Lipinski definition) is 1. The zero-order valence-electron chi connectivity index (χ0n) is 10.0. The summed E-state index contributed by atoms with van der Waals surface area (Å²) in [5, 5.41) is 8.44. The lowest BCUT2D eigenvalue weighted by Gasteiger charge is -2.30. The van der Waals surface area contributed by atoms with Crippen molar-refractivity contribution in [3.8, 4) is 0 Å². The highest BCUT2D eigenvalue weighted by Gasteiger charge is 2.40. The first-order valence-electron chi connectivity index (χ1n) is 5.78. The van der Waals surface area contributed by atoms with Gasteiger partial charge in [-0.1, -0.05) is 0 Å². The van der Waals surface area contributed by atoms with Crippen molar-refractivity contribution in [2.75, 3.05) is 6.54 Å². The highest BCUT2D eigenvalue weighted by Crippen LogP contribution is 2.36. The van der Waals surface area contributed by atoms with Crippen LogP contribution in [0.15, 0.2) is 0 Å². The Bertz CT molecular complexity index is 326. The second-order valence-corrected chi connectivity index (χ2v) is 4.61. The van der Waals surface area contributed by atoms with E-state index in [2.05, 4.69) is 0 Å². The maximum atomic E-state index is 12.4. The fourth-order valence-corrected chi connectivity index (χ4v) is 1.84. The lowest BCUT2D eigenvalue weighted by atomic mass is 10.1. The third kappa shape index (κ3) is 4.93. The van der Waals surface area contributed by atoms with Crippen molar-refractivity contribution >= 4 is 11.9 Å². The van der Waals surface area contributed by atoms with Crippen molar-refractivity contribution in [2.45, 2.75) is 44.8 Å². The Labute approximate surface area is 103 Å². The van der Waals surface area contributed by atoms with Gasteiger partial charge in [0.05, 0.1) is 6.42 Å². The Morgan fingerprint density at radius 3 is 2.28 bits per heavy atom. The molecule has 104 valence electrons. The molecule has 1 fully saturated rings. The Hall–Kier alpha value is -1.27. The lowest BCUT2D eigenvalue weighted by molar-refractivity contribution is -0.166. The monoisotopic (exact) mass is 267 g/mol. The van der Waals surface area contributed by atoms with Gasteiger partial charge in [0, 0.05) is 12.5 Å². The molecule has 0 saturated heterocycles. The summed E-state index contributed by atoms with van der Waals surface area (Å²) < 4.78 is 37.2. The SMILES string of the molecule is CC(C1CC1)N(CC(F)(F)F)C(=O)CCC(=O)O. The molecule has 18 heavy (non-hydrogen) atoms. The number of halogens is 3. The maximum Gasteiger partial charge on any atom is 0.406 e. The van der Waals surface area contributed by atoms with E-state index >= 15 is 0 Å². The zero-order chi connectivity index (χ0) is 13.9. The van der Waals surface area contributed by atoms with Gasteiger partial charge in [-0.3, -0.25) is 9.59 Å². The Kier molecular flexibility index (Phi) is 4.59. The normalized spacial score (nSPS) is 17.3. The second kappa shape index (κ2) is 5.58. The molecule has 1 amide bonds. The number of amides is 1. The number of carboxylic acid groups (broad SMARTS) is 1. The molecular formula is C11H16F3NO3. The van der Waals surface area contributed by atoms with E-state index in [0.717, 1.165) is 17.7 Å². The number of carbonyl (C=O) groups excluding carboxylic acids is 1. The highest BCUT2D eigenvalue weighted by molar-refractivity contribution is 5.81. The minimum Gasteiger partial charge on any atom is -0.481 e. The number of aliphatic carboxylic acids is 1. The number of rotatable bonds is 6. The molecule has 7 heteroatoms.